The van der Waals surface area contributed by atoms with Gasteiger partial charge in [-0.15, -0.1) is 0 Å². The molecule has 34 heavy (non-hydrogen) atoms. The number of hydrogen-bond acceptors (Lipinski definition) is 4. The lowest BCUT2D eigenvalue weighted by atomic mass is 9.90. The van der Waals surface area contributed by atoms with Crippen LogP contribution < -0.4 is 5.43 Å². The number of phenols is 1. The topological polar surface area (TPSA) is 67.5 Å². The molecule has 2 aromatic carbocycles. The largest absolute Gasteiger partial charge is 0.506 e. The molecule has 3 aliphatic rings. The van der Waals surface area contributed by atoms with Crippen molar-refractivity contribution in [3.63, 3.8) is 0 Å². The van der Waals surface area contributed by atoms with Gasteiger partial charge in [0.15, 0.2) is 5.78 Å². The standard InChI is InChI=1S/C28H24Cl2O4/c29-21-12-19-26(14-24(21)32)34-27-15-25(33)22(30)13-20(27)28(19)18-9-7-17(8-10-18)23(31)11-16-5-3-1-2-4-6-16/h7-10,12-16,32H,1-6,11H2. The number of Topliss-reactive ketones (excluding diaryl/α,β-unsaturated/α-hetero) is 1. The molecule has 1 N–H and O–H groups in total. The van der Waals surface area contributed by atoms with Crippen molar-refractivity contribution in [2.45, 2.75) is 44.9 Å². The third kappa shape index (κ3) is 4.45. The van der Waals surface area contributed by atoms with Crippen molar-refractivity contribution in [1.82, 2.24) is 0 Å². The van der Waals surface area contributed by atoms with E-state index in [-0.39, 0.29) is 27.0 Å². The molecule has 0 unspecified atom stereocenters. The number of carbonyl (C=O) groups excluding carboxylic acids is 1. The lowest BCUT2D eigenvalue weighted by Crippen LogP contribution is -2.08. The number of phenolic OH excluding ortho intramolecular Hbond substituents is 1. The highest BCUT2D eigenvalue weighted by Crippen LogP contribution is 2.43. The summed E-state index contributed by atoms with van der Waals surface area (Å²) in [7, 11) is 0. The highest BCUT2D eigenvalue weighted by Gasteiger charge is 2.21. The molecule has 0 amide bonds. The average Bonchev–Trinajstić information content (AvgIpc) is 3.09. The molecule has 174 valence electrons. The van der Waals surface area contributed by atoms with Gasteiger partial charge in [-0.1, -0.05) is 86.0 Å². The summed E-state index contributed by atoms with van der Waals surface area (Å²) in [6, 6.07) is 13.5. The monoisotopic (exact) mass is 494 g/mol. The van der Waals surface area contributed by atoms with Gasteiger partial charge in [0.1, 0.15) is 17.1 Å². The molecule has 1 saturated carbocycles. The number of benzene rings is 3. The third-order valence-corrected chi connectivity index (χ3v) is 7.38. The maximum atomic E-state index is 12.9. The summed E-state index contributed by atoms with van der Waals surface area (Å²) in [4.78, 5) is 25.1. The molecule has 1 aliphatic heterocycles. The number of ketones is 1. The Kier molecular flexibility index (Phi) is 6.37. The molecular formula is C28H24Cl2O4. The van der Waals surface area contributed by atoms with Gasteiger partial charge in [-0.05, 0) is 23.6 Å². The van der Waals surface area contributed by atoms with Gasteiger partial charge in [-0.3, -0.25) is 9.59 Å². The fourth-order valence-electron chi connectivity index (χ4n) is 4.98. The summed E-state index contributed by atoms with van der Waals surface area (Å²) in [6.07, 6.45) is 7.81. The first-order chi connectivity index (χ1) is 16.4. The number of halogens is 2. The van der Waals surface area contributed by atoms with Gasteiger partial charge in [0.25, 0.3) is 0 Å². The van der Waals surface area contributed by atoms with E-state index in [1.807, 2.05) is 24.3 Å². The Bertz CT molecular complexity index is 1400. The van der Waals surface area contributed by atoms with E-state index in [1.165, 1.54) is 37.8 Å². The molecule has 4 nitrogen and oxygen atoms in total. The SMILES string of the molecule is O=C(CC1CCCCCC1)c1ccc(-c2c3cc(Cl)c(=O)cc-3oc3cc(O)c(Cl)cc23)cc1. The molecule has 2 aromatic rings. The van der Waals surface area contributed by atoms with E-state index in [0.717, 1.165) is 24.0 Å². The lowest BCUT2D eigenvalue weighted by Gasteiger charge is -2.17. The molecule has 0 saturated heterocycles. The summed E-state index contributed by atoms with van der Waals surface area (Å²) in [6.45, 7) is 0. The number of aromatic hydroxyl groups is 1. The maximum absolute atomic E-state index is 12.9. The Morgan fingerprint density at radius 1 is 0.941 bits per heavy atom. The third-order valence-electron chi connectivity index (χ3n) is 6.79. The van der Waals surface area contributed by atoms with E-state index < -0.39 is 0 Å². The summed E-state index contributed by atoms with van der Waals surface area (Å²) in [5.41, 5.74) is 2.98. The molecule has 1 fully saturated rings. The van der Waals surface area contributed by atoms with E-state index in [9.17, 15) is 14.7 Å². The predicted octanol–water partition coefficient (Wildman–Crippen LogP) is 8.12. The Morgan fingerprint density at radius 2 is 1.65 bits per heavy atom. The summed E-state index contributed by atoms with van der Waals surface area (Å²) in [5.74, 6) is 0.880. The lowest BCUT2D eigenvalue weighted by molar-refractivity contribution is 0.0957. The van der Waals surface area contributed by atoms with Crippen LogP contribution in [0.3, 0.4) is 0 Å². The zero-order chi connectivity index (χ0) is 23.8. The maximum Gasteiger partial charge on any atom is 0.200 e. The van der Waals surface area contributed by atoms with Gasteiger partial charge >= 0.3 is 0 Å². The second-order valence-corrected chi connectivity index (χ2v) is 9.93. The van der Waals surface area contributed by atoms with Gasteiger partial charge in [0, 0.05) is 40.6 Å². The van der Waals surface area contributed by atoms with Crippen LogP contribution in [0.5, 0.6) is 5.75 Å². The molecule has 0 radical (unpaired) electrons. The van der Waals surface area contributed by atoms with Gasteiger partial charge in [0.05, 0.1) is 10.0 Å². The van der Waals surface area contributed by atoms with E-state index in [2.05, 4.69) is 0 Å². The number of fused-ring (bicyclic) bond motifs is 2. The highest BCUT2D eigenvalue weighted by molar-refractivity contribution is 6.33. The number of hydrogen-bond donors (Lipinski definition) is 1. The minimum atomic E-state index is -0.346. The highest BCUT2D eigenvalue weighted by atomic mass is 35.5. The van der Waals surface area contributed by atoms with Crippen LogP contribution in [-0.2, 0) is 0 Å². The molecular weight excluding hydrogens is 471 g/mol. The molecule has 2 aliphatic carbocycles. The average molecular weight is 495 g/mol. The Labute approximate surface area is 207 Å². The fourth-order valence-corrected chi connectivity index (χ4v) is 5.31. The summed E-state index contributed by atoms with van der Waals surface area (Å²) >= 11 is 12.4. The van der Waals surface area contributed by atoms with E-state index in [1.54, 1.807) is 12.1 Å². The quantitative estimate of drug-likeness (QED) is 0.176. The molecule has 1 heterocycles. The van der Waals surface area contributed by atoms with Crippen LogP contribution in [0.15, 0.2) is 57.7 Å². The Balaban J connectivity index is 1.57. The zero-order valence-electron chi connectivity index (χ0n) is 18.6. The fraction of sp³-hybridized carbons (Fsp3) is 0.286. The van der Waals surface area contributed by atoms with Gasteiger partial charge in [-0.25, -0.2) is 0 Å². The number of rotatable bonds is 4. The van der Waals surface area contributed by atoms with Gasteiger partial charge in [0.2, 0.25) is 5.43 Å². The van der Waals surface area contributed by atoms with Crippen molar-refractivity contribution in [3.05, 3.63) is 74.4 Å². The first-order valence-corrected chi connectivity index (χ1v) is 12.4. The normalized spacial score (nSPS) is 15.0. The molecule has 0 atom stereocenters. The second-order valence-electron chi connectivity index (χ2n) is 9.12. The molecule has 5 rings (SSSR count). The van der Waals surface area contributed by atoms with Crippen LogP contribution in [0.2, 0.25) is 10.0 Å². The van der Waals surface area contributed by atoms with Crippen molar-refractivity contribution in [3.8, 4) is 28.2 Å². The van der Waals surface area contributed by atoms with Gasteiger partial charge < -0.3 is 9.52 Å². The van der Waals surface area contributed by atoms with Crippen molar-refractivity contribution < 1.29 is 14.3 Å². The second kappa shape index (κ2) is 9.44. The first kappa shape index (κ1) is 22.9. The van der Waals surface area contributed by atoms with Crippen LogP contribution in [0.25, 0.3) is 33.4 Å². The van der Waals surface area contributed by atoms with Crippen molar-refractivity contribution >= 4 is 40.0 Å². The minimum Gasteiger partial charge on any atom is -0.506 e. The van der Waals surface area contributed by atoms with Crippen LogP contribution in [-0.4, -0.2) is 10.9 Å². The zero-order valence-corrected chi connectivity index (χ0v) is 20.1. The van der Waals surface area contributed by atoms with Crippen molar-refractivity contribution in [2.24, 2.45) is 5.92 Å². The molecule has 6 heteroatoms. The molecule has 0 spiro atoms. The van der Waals surface area contributed by atoms with Crippen LogP contribution in [0.1, 0.15) is 55.3 Å². The van der Waals surface area contributed by atoms with E-state index >= 15 is 0 Å². The summed E-state index contributed by atoms with van der Waals surface area (Å²) in [5, 5.41) is 11.0. The number of carbonyl (C=O) groups is 1. The van der Waals surface area contributed by atoms with Crippen molar-refractivity contribution in [1.29, 1.82) is 0 Å². The molecule has 0 aromatic heterocycles. The van der Waals surface area contributed by atoms with Crippen LogP contribution >= 0.6 is 23.2 Å². The van der Waals surface area contributed by atoms with E-state index in [0.29, 0.717) is 40.2 Å². The van der Waals surface area contributed by atoms with E-state index in [4.69, 9.17) is 27.6 Å². The Morgan fingerprint density at radius 3 is 2.35 bits per heavy atom. The van der Waals surface area contributed by atoms with Crippen molar-refractivity contribution in [2.75, 3.05) is 0 Å². The molecule has 0 bridgehead atoms. The van der Waals surface area contributed by atoms with Gasteiger partial charge in [-0.2, -0.15) is 0 Å². The smallest absolute Gasteiger partial charge is 0.200 e. The first-order valence-electron chi connectivity index (χ1n) is 11.6. The van der Waals surface area contributed by atoms with Crippen LogP contribution in [0.4, 0.5) is 0 Å². The summed E-state index contributed by atoms with van der Waals surface area (Å²) < 4.78 is 5.91. The van der Waals surface area contributed by atoms with Crippen LogP contribution in [0, 0.1) is 5.92 Å². The minimum absolute atomic E-state index is 0.0865. The Hall–Kier alpha value is -2.82. The predicted molar refractivity (Wildman–Crippen MR) is 136 cm³/mol.